The number of fused-ring (bicyclic) bond motifs is 1. The highest BCUT2D eigenvalue weighted by molar-refractivity contribution is 6.35. The molecule has 0 bridgehead atoms. The summed E-state index contributed by atoms with van der Waals surface area (Å²) in [5, 5.41) is 8.63. The summed E-state index contributed by atoms with van der Waals surface area (Å²) in [5.41, 5.74) is 1.44. The van der Waals surface area contributed by atoms with Crippen LogP contribution in [-0.2, 0) is 0 Å². The van der Waals surface area contributed by atoms with Crippen LogP contribution in [0.5, 0.6) is 0 Å². The van der Waals surface area contributed by atoms with Crippen molar-refractivity contribution in [1.29, 1.82) is 5.41 Å². The van der Waals surface area contributed by atoms with Gasteiger partial charge in [-0.05, 0) is 56.9 Å². The summed E-state index contributed by atoms with van der Waals surface area (Å²) in [4.78, 5) is 9.32. The van der Waals surface area contributed by atoms with E-state index in [1.807, 2.05) is 25.4 Å². The van der Waals surface area contributed by atoms with Crippen LogP contribution in [0.15, 0.2) is 41.5 Å². The van der Waals surface area contributed by atoms with Gasteiger partial charge in [0.1, 0.15) is 11.7 Å². The number of aliphatic imine (C=N–C) groups is 1. The van der Waals surface area contributed by atoms with Crippen molar-refractivity contribution in [3.63, 3.8) is 0 Å². The number of nitrogens with zero attached hydrogens (tertiary/aromatic N) is 4. The molecule has 7 heteroatoms. The third-order valence-electron chi connectivity index (χ3n) is 6.69. The van der Waals surface area contributed by atoms with Gasteiger partial charge in [0.25, 0.3) is 0 Å². The first-order valence-corrected chi connectivity index (χ1v) is 11.5. The lowest BCUT2D eigenvalue weighted by atomic mass is 9.89. The summed E-state index contributed by atoms with van der Waals surface area (Å²) < 4.78 is 16.4. The van der Waals surface area contributed by atoms with Gasteiger partial charge in [0.2, 0.25) is 0 Å². The van der Waals surface area contributed by atoms with Crippen LogP contribution in [0.4, 0.5) is 4.39 Å². The Balaban J connectivity index is 1.34. The fourth-order valence-corrected chi connectivity index (χ4v) is 5.35. The number of aromatic nitrogens is 1. The zero-order chi connectivity index (χ0) is 22.0. The van der Waals surface area contributed by atoms with E-state index in [0.717, 1.165) is 63.2 Å². The molecule has 1 aromatic heterocycles. The first-order chi connectivity index (χ1) is 15.0. The molecule has 0 spiro atoms. The molecule has 5 nitrogen and oxygen atoms in total. The summed E-state index contributed by atoms with van der Waals surface area (Å²) in [7, 11) is 1.82. The zero-order valence-corrected chi connectivity index (χ0v) is 19.1. The van der Waals surface area contributed by atoms with Crippen molar-refractivity contribution in [2.75, 3.05) is 33.2 Å². The van der Waals surface area contributed by atoms with Crippen molar-refractivity contribution in [1.82, 2.24) is 14.4 Å². The highest BCUT2D eigenvalue weighted by Crippen LogP contribution is 2.37. The first kappa shape index (κ1) is 22.0. The van der Waals surface area contributed by atoms with Crippen LogP contribution in [0, 0.1) is 11.2 Å². The Morgan fingerprint density at radius 3 is 2.42 bits per heavy atom. The monoisotopic (exact) mass is 443 g/mol. The summed E-state index contributed by atoms with van der Waals surface area (Å²) in [6, 6.07) is 6.20. The number of benzene rings is 1. The zero-order valence-electron chi connectivity index (χ0n) is 18.3. The number of amidine groups is 1. The molecule has 1 N–H and O–H groups in total. The van der Waals surface area contributed by atoms with Gasteiger partial charge < -0.3 is 14.9 Å². The van der Waals surface area contributed by atoms with Crippen molar-refractivity contribution in [3.05, 3.63) is 47.4 Å². The fourth-order valence-electron chi connectivity index (χ4n) is 5.06. The number of halogens is 2. The van der Waals surface area contributed by atoms with Crippen molar-refractivity contribution in [3.8, 4) is 0 Å². The van der Waals surface area contributed by atoms with Gasteiger partial charge in [-0.15, -0.1) is 0 Å². The molecule has 0 amide bonds. The van der Waals surface area contributed by atoms with E-state index >= 15 is 0 Å². The van der Waals surface area contributed by atoms with Gasteiger partial charge in [-0.25, -0.2) is 4.39 Å². The van der Waals surface area contributed by atoms with Gasteiger partial charge in [-0.3, -0.25) is 9.89 Å². The fraction of sp³-hybridized carbons (Fsp3) is 0.500. The molecule has 1 aromatic carbocycles. The molecule has 31 heavy (non-hydrogen) atoms. The van der Waals surface area contributed by atoms with E-state index in [4.69, 9.17) is 17.0 Å². The minimum atomic E-state index is -0.242. The van der Waals surface area contributed by atoms with Crippen LogP contribution < -0.4 is 0 Å². The quantitative estimate of drug-likeness (QED) is 0.524. The van der Waals surface area contributed by atoms with E-state index in [1.165, 1.54) is 6.07 Å². The smallest absolute Gasteiger partial charge is 0.134 e. The van der Waals surface area contributed by atoms with Gasteiger partial charge in [-0.2, -0.15) is 0 Å². The topological polar surface area (TPSA) is 47.6 Å². The maximum Gasteiger partial charge on any atom is 0.134 e. The van der Waals surface area contributed by atoms with Crippen LogP contribution in [0.1, 0.15) is 38.6 Å². The van der Waals surface area contributed by atoms with Crippen molar-refractivity contribution in [2.45, 2.75) is 44.7 Å². The summed E-state index contributed by atoms with van der Waals surface area (Å²) in [6.07, 6.45) is 10.1. The van der Waals surface area contributed by atoms with E-state index in [1.54, 1.807) is 19.1 Å². The van der Waals surface area contributed by atoms with Crippen molar-refractivity contribution in [2.24, 2.45) is 4.99 Å². The molecule has 1 aliphatic carbocycles. The molecule has 0 radical (unpaired) electrons. The molecular formula is C24H31ClFN5. The summed E-state index contributed by atoms with van der Waals surface area (Å²) >= 11 is 6.34. The minimum Gasteiger partial charge on any atom is -0.354 e. The minimum absolute atomic E-state index is 0.242. The lowest BCUT2D eigenvalue weighted by Crippen LogP contribution is -2.52. The molecule has 4 rings (SSSR count). The number of rotatable bonds is 4. The molecule has 2 aromatic rings. The average Bonchev–Trinajstić information content (AvgIpc) is 3.12. The van der Waals surface area contributed by atoms with E-state index in [2.05, 4.69) is 19.4 Å². The van der Waals surface area contributed by atoms with Crippen LogP contribution in [0.25, 0.3) is 10.9 Å². The number of hydrogen-bond donors (Lipinski definition) is 1. The van der Waals surface area contributed by atoms with Crippen molar-refractivity contribution < 1.29 is 4.39 Å². The third kappa shape index (κ3) is 4.70. The Morgan fingerprint density at radius 2 is 1.77 bits per heavy atom. The molecule has 166 valence electrons. The molecule has 1 saturated heterocycles. The Morgan fingerprint density at radius 1 is 1.10 bits per heavy atom. The van der Waals surface area contributed by atoms with E-state index in [0.29, 0.717) is 28.2 Å². The molecular weight excluding hydrogens is 413 g/mol. The molecule has 2 fully saturated rings. The van der Waals surface area contributed by atoms with Crippen LogP contribution in [0.3, 0.4) is 0 Å². The Kier molecular flexibility index (Phi) is 6.77. The molecule has 2 heterocycles. The summed E-state index contributed by atoms with van der Waals surface area (Å²) in [5.74, 6) is 0.715. The lowest BCUT2D eigenvalue weighted by Gasteiger charge is -2.42. The maximum absolute atomic E-state index is 14.2. The largest absolute Gasteiger partial charge is 0.354 e. The number of nitrogens with one attached hydrogen (secondary N) is 1. The standard InChI is InChI=1S/C24H31ClFN5/c1-17(27)6-11-23(28-2)30-14-12-29(13-15-30)18-7-9-19(10-8-18)31-16-20(25)24-21(26)4-3-5-22(24)31/h3-6,11,16,18-19,27H,7-10,12-15H2,1-2H3/b11-6-,27-17?,28-23?. The van der Waals surface area contributed by atoms with E-state index in [-0.39, 0.29) is 5.82 Å². The molecule has 1 aliphatic heterocycles. The van der Waals surface area contributed by atoms with Crippen LogP contribution >= 0.6 is 11.6 Å². The Labute approximate surface area is 188 Å². The second-order valence-electron chi connectivity index (χ2n) is 8.60. The number of hydrogen-bond acceptors (Lipinski definition) is 3. The molecule has 2 aliphatic rings. The molecule has 0 atom stereocenters. The number of allylic oxidation sites excluding steroid dienone is 1. The third-order valence-corrected chi connectivity index (χ3v) is 6.97. The Bertz CT molecular complexity index is 995. The first-order valence-electron chi connectivity index (χ1n) is 11.1. The van der Waals surface area contributed by atoms with Gasteiger partial charge in [0, 0.05) is 57.2 Å². The highest BCUT2D eigenvalue weighted by atomic mass is 35.5. The SMILES string of the molecule is CN=C(/C=C\C(C)=N)N1CCN(C2CCC(n3cc(Cl)c4c(F)cccc43)CC2)CC1. The molecule has 1 saturated carbocycles. The normalized spacial score (nSPS) is 23.7. The highest BCUT2D eigenvalue weighted by Gasteiger charge is 2.30. The van der Waals surface area contributed by atoms with Crippen molar-refractivity contribution >= 4 is 34.1 Å². The van der Waals surface area contributed by atoms with Crippen LogP contribution in [-0.4, -0.2) is 65.2 Å². The Hall–Kier alpha value is -2.18. The predicted molar refractivity (Wildman–Crippen MR) is 127 cm³/mol. The predicted octanol–water partition coefficient (Wildman–Crippen LogP) is 5.16. The average molecular weight is 444 g/mol. The van der Waals surface area contributed by atoms with E-state index in [9.17, 15) is 4.39 Å². The second-order valence-corrected chi connectivity index (χ2v) is 9.01. The van der Waals surface area contributed by atoms with Gasteiger partial charge in [0.15, 0.2) is 0 Å². The van der Waals surface area contributed by atoms with Gasteiger partial charge >= 0.3 is 0 Å². The van der Waals surface area contributed by atoms with Gasteiger partial charge in [-0.1, -0.05) is 17.7 Å². The summed E-state index contributed by atoms with van der Waals surface area (Å²) in [6.45, 7) is 5.78. The van der Waals surface area contributed by atoms with Crippen LogP contribution in [0.2, 0.25) is 5.02 Å². The number of piperazine rings is 1. The van der Waals surface area contributed by atoms with Gasteiger partial charge in [0.05, 0.1) is 15.9 Å². The maximum atomic E-state index is 14.2. The van der Waals surface area contributed by atoms with E-state index < -0.39 is 0 Å². The lowest BCUT2D eigenvalue weighted by molar-refractivity contribution is 0.0970. The second kappa shape index (κ2) is 9.53. The molecule has 0 unspecified atom stereocenters.